The molecule has 15 heavy (non-hydrogen) atoms. The van der Waals surface area contributed by atoms with Gasteiger partial charge in [-0.2, -0.15) is 0 Å². The molecule has 0 saturated heterocycles. The summed E-state index contributed by atoms with van der Waals surface area (Å²) in [6.45, 7) is 10.7. The molecule has 2 atom stereocenters. The molecule has 1 aliphatic carbocycles. The summed E-state index contributed by atoms with van der Waals surface area (Å²) in [6, 6.07) is 0. The summed E-state index contributed by atoms with van der Waals surface area (Å²) in [5.74, 6) is 0.392. The van der Waals surface area contributed by atoms with Gasteiger partial charge < -0.3 is 4.74 Å². The predicted molar refractivity (Wildman–Crippen MR) is 64.1 cm³/mol. The van der Waals surface area contributed by atoms with Crippen molar-refractivity contribution in [1.82, 2.24) is 0 Å². The standard InChI is InChI=1S/C12H20O2.ClH/c1-6-14-11(13)10-9(7-8(2)3)12(10,4)5;/h7,9-10H,6H2,1-5H3;1H. The number of carbonyl (C=O) groups is 1. The summed E-state index contributed by atoms with van der Waals surface area (Å²) in [5, 5.41) is 0. The Morgan fingerprint density at radius 1 is 1.40 bits per heavy atom. The summed E-state index contributed by atoms with van der Waals surface area (Å²) < 4.78 is 5.05. The summed E-state index contributed by atoms with van der Waals surface area (Å²) in [5.41, 5.74) is 1.36. The van der Waals surface area contributed by atoms with E-state index in [1.54, 1.807) is 0 Å². The van der Waals surface area contributed by atoms with Crippen molar-refractivity contribution >= 4 is 18.4 Å². The highest BCUT2D eigenvalue weighted by Crippen LogP contribution is 2.59. The maximum atomic E-state index is 11.6. The zero-order valence-corrected chi connectivity index (χ0v) is 11.0. The number of carbonyl (C=O) groups excluding carboxylic acids is 1. The van der Waals surface area contributed by atoms with Crippen molar-refractivity contribution in [1.29, 1.82) is 0 Å². The van der Waals surface area contributed by atoms with Gasteiger partial charge in [-0.05, 0) is 32.1 Å². The van der Waals surface area contributed by atoms with E-state index in [4.69, 9.17) is 4.74 Å². The van der Waals surface area contributed by atoms with Gasteiger partial charge in [0.2, 0.25) is 0 Å². The highest BCUT2D eigenvalue weighted by atomic mass is 35.5. The van der Waals surface area contributed by atoms with Crippen LogP contribution in [0.25, 0.3) is 0 Å². The van der Waals surface area contributed by atoms with Crippen molar-refractivity contribution in [3.8, 4) is 0 Å². The first kappa shape index (κ1) is 14.5. The Bertz CT molecular complexity index is 265. The molecule has 1 rings (SSSR count). The maximum Gasteiger partial charge on any atom is 0.310 e. The largest absolute Gasteiger partial charge is 0.466 e. The molecule has 1 saturated carbocycles. The highest BCUT2D eigenvalue weighted by molar-refractivity contribution is 5.85. The SMILES string of the molecule is CCOC(=O)C1C(C=C(C)C)C1(C)C.Cl. The lowest BCUT2D eigenvalue weighted by atomic mass is 10.1. The van der Waals surface area contributed by atoms with E-state index in [1.807, 2.05) is 6.92 Å². The molecular weight excluding hydrogens is 212 g/mol. The van der Waals surface area contributed by atoms with Gasteiger partial charge in [-0.25, -0.2) is 0 Å². The normalized spacial score (nSPS) is 26.2. The van der Waals surface area contributed by atoms with Crippen molar-refractivity contribution in [3.05, 3.63) is 11.6 Å². The van der Waals surface area contributed by atoms with Crippen LogP contribution in [-0.2, 0) is 9.53 Å². The van der Waals surface area contributed by atoms with E-state index < -0.39 is 0 Å². The van der Waals surface area contributed by atoms with Crippen LogP contribution in [0.1, 0.15) is 34.6 Å². The Morgan fingerprint density at radius 3 is 2.33 bits per heavy atom. The van der Waals surface area contributed by atoms with Crippen molar-refractivity contribution < 1.29 is 9.53 Å². The number of rotatable bonds is 3. The number of ether oxygens (including phenoxy) is 1. The van der Waals surface area contributed by atoms with Crippen LogP contribution >= 0.6 is 12.4 Å². The molecule has 0 aromatic rings. The Morgan fingerprint density at radius 2 is 1.93 bits per heavy atom. The van der Waals surface area contributed by atoms with E-state index in [9.17, 15) is 4.79 Å². The van der Waals surface area contributed by atoms with Gasteiger partial charge >= 0.3 is 5.97 Å². The third-order valence-electron chi connectivity index (χ3n) is 2.96. The molecule has 0 aromatic heterocycles. The second-order valence-electron chi connectivity index (χ2n) is 4.82. The smallest absolute Gasteiger partial charge is 0.310 e. The second kappa shape index (κ2) is 5.02. The summed E-state index contributed by atoms with van der Waals surface area (Å²) in [7, 11) is 0. The lowest BCUT2D eigenvalue weighted by Gasteiger charge is -2.01. The van der Waals surface area contributed by atoms with Crippen molar-refractivity contribution in [3.63, 3.8) is 0 Å². The molecule has 2 unspecified atom stereocenters. The average Bonchev–Trinajstić information content (AvgIpc) is 2.52. The van der Waals surface area contributed by atoms with Crippen LogP contribution in [0, 0.1) is 17.3 Å². The fourth-order valence-corrected chi connectivity index (χ4v) is 2.03. The number of hydrogen-bond acceptors (Lipinski definition) is 2. The van der Waals surface area contributed by atoms with Gasteiger partial charge in [0.25, 0.3) is 0 Å². The molecule has 88 valence electrons. The zero-order chi connectivity index (χ0) is 10.9. The first-order valence-corrected chi connectivity index (χ1v) is 5.23. The molecule has 3 heteroatoms. The van der Waals surface area contributed by atoms with Crippen molar-refractivity contribution in [2.45, 2.75) is 34.6 Å². The highest BCUT2D eigenvalue weighted by Gasteiger charge is 2.61. The van der Waals surface area contributed by atoms with Crippen LogP contribution in [0.15, 0.2) is 11.6 Å². The molecule has 0 spiro atoms. The maximum absolute atomic E-state index is 11.6. The fraction of sp³-hybridized carbons (Fsp3) is 0.750. The van der Waals surface area contributed by atoms with E-state index in [-0.39, 0.29) is 29.7 Å². The van der Waals surface area contributed by atoms with E-state index in [0.29, 0.717) is 12.5 Å². The summed E-state index contributed by atoms with van der Waals surface area (Å²) >= 11 is 0. The molecule has 0 aliphatic heterocycles. The monoisotopic (exact) mass is 232 g/mol. The Hall–Kier alpha value is -0.500. The second-order valence-corrected chi connectivity index (χ2v) is 4.82. The molecule has 1 fully saturated rings. The fourth-order valence-electron chi connectivity index (χ4n) is 2.03. The molecule has 0 bridgehead atoms. The van der Waals surface area contributed by atoms with Crippen molar-refractivity contribution in [2.24, 2.45) is 17.3 Å². The van der Waals surface area contributed by atoms with E-state index in [1.165, 1.54) is 5.57 Å². The molecule has 0 amide bonds. The zero-order valence-electron chi connectivity index (χ0n) is 10.2. The van der Waals surface area contributed by atoms with Gasteiger partial charge in [0.1, 0.15) is 0 Å². The van der Waals surface area contributed by atoms with Gasteiger partial charge in [0, 0.05) is 0 Å². The van der Waals surface area contributed by atoms with E-state index >= 15 is 0 Å². The van der Waals surface area contributed by atoms with Gasteiger partial charge in [-0.3, -0.25) is 4.79 Å². The topological polar surface area (TPSA) is 26.3 Å². The van der Waals surface area contributed by atoms with E-state index in [2.05, 4.69) is 33.8 Å². The Labute approximate surface area is 98.5 Å². The van der Waals surface area contributed by atoms with Gasteiger partial charge in [0.05, 0.1) is 12.5 Å². The molecule has 0 radical (unpaired) electrons. The lowest BCUT2D eigenvalue weighted by molar-refractivity contribution is -0.145. The number of halogens is 1. The summed E-state index contributed by atoms with van der Waals surface area (Å²) in [6.07, 6.45) is 2.18. The third-order valence-corrected chi connectivity index (χ3v) is 2.96. The third kappa shape index (κ3) is 2.97. The van der Waals surface area contributed by atoms with Crippen LogP contribution in [0.2, 0.25) is 0 Å². The summed E-state index contributed by atoms with van der Waals surface area (Å²) in [4.78, 5) is 11.6. The number of hydrogen-bond donors (Lipinski definition) is 0. The lowest BCUT2D eigenvalue weighted by Crippen LogP contribution is -2.10. The minimum atomic E-state index is -0.0417. The minimum Gasteiger partial charge on any atom is -0.466 e. The van der Waals surface area contributed by atoms with Crippen LogP contribution in [0.5, 0.6) is 0 Å². The van der Waals surface area contributed by atoms with Crippen LogP contribution in [0.3, 0.4) is 0 Å². The molecule has 2 nitrogen and oxygen atoms in total. The van der Waals surface area contributed by atoms with Crippen LogP contribution < -0.4 is 0 Å². The first-order chi connectivity index (χ1) is 6.41. The number of esters is 1. The molecule has 1 aliphatic rings. The molecular formula is C12H21ClO2. The average molecular weight is 233 g/mol. The van der Waals surface area contributed by atoms with Crippen molar-refractivity contribution in [2.75, 3.05) is 6.61 Å². The van der Waals surface area contributed by atoms with Crippen LogP contribution in [0.4, 0.5) is 0 Å². The first-order valence-electron chi connectivity index (χ1n) is 5.23. The van der Waals surface area contributed by atoms with Gasteiger partial charge in [0.15, 0.2) is 0 Å². The van der Waals surface area contributed by atoms with E-state index in [0.717, 1.165) is 0 Å². The molecule has 0 N–H and O–H groups in total. The van der Waals surface area contributed by atoms with Gasteiger partial charge in [-0.15, -0.1) is 12.4 Å². The Balaban J connectivity index is 0.00000196. The Kier molecular flexibility index (Phi) is 4.85. The minimum absolute atomic E-state index is 0. The van der Waals surface area contributed by atoms with Gasteiger partial charge in [-0.1, -0.05) is 25.5 Å². The number of allylic oxidation sites excluding steroid dienone is 2. The quantitative estimate of drug-likeness (QED) is 0.552. The molecule has 0 aromatic carbocycles. The van der Waals surface area contributed by atoms with Crippen LogP contribution in [-0.4, -0.2) is 12.6 Å². The predicted octanol–water partition coefficient (Wildman–Crippen LogP) is 3.21. The molecule has 0 heterocycles.